The maximum absolute atomic E-state index is 11.6. The standard InChI is InChI=1S/C25H38O2/c1-17(8-13-23(26)27-4)20-11-12-21-19-10-9-18-7-5-6-15-24(18,2)22(19)14-16-25(20,21)3/h11,14,17-19,21H,5-10,12-13,15-16H2,1-4H3/t17-,18+,19?,21?,24+,25-/m1/s1. The molecule has 4 aliphatic carbocycles. The predicted octanol–water partition coefficient (Wildman–Crippen LogP) is 6.46. The summed E-state index contributed by atoms with van der Waals surface area (Å²) >= 11 is 0. The van der Waals surface area contributed by atoms with Gasteiger partial charge in [0.05, 0.1) is 7.11 Å². The van der Waals surface area contributed by atoms with E-state index in [0.717, 1.165) is 24.2 Å². The zero-order chi connectivity index (χ0) is 19.2. The molecule has 0 N–H and O–H groups in total. The molecule has 2 saturated carbocycles. The Kier molecular flexibility index (Phi) is 5.06. The lowest BCUT2D eigenvalue weighted by Gasteiger charge is -2.56. The van der Waals surface area contributed by atoms with Gasteiger partial charge >= 0.3 is 5.97 Å². The molecule has 2 fully saturated rings. The Morgan fingerprint density at radius 1 is 1.19 bits per heavy atom. The van der Waals surface area contributed by atoms with Gasteiger partial charge in [-0.25, -0.2) is 0 Å². The Morgan fingerprint density at radius 2 is 2.00 bits per heavy atom. The van der Waals surface area contributed by atoms with Crippen LogP contribution >= 0.6 is 0 Å². The van der Waals surface area contributed by atoms with Gasteiger partial charge in [-0.15, -0.1) is 0 Å². The molecule has 27 heavy (non-hydrogen) atoms. The van der Waals surface area contributed by atoms with Crippen LogP contribution in [0.5, 0.6) is 0 Å². The molecule has 0 amide bonds. The van der Waals surface area contributed by atoms with E-state index in [0.29, 0.717) is 23.2 Å². The van der Waals surface area contributed by atoms with Crippen LogP contribution in [-0.4, -0.2) is 13.1 Å². The first-order chi connectivity index (χ1) is 12.9. The molecular weight excluding hydrogens is 332 g/mol. The summed E-state index contributed by atoms with van der Waals surface area (Å²) in [6.07, 6.45) is 17.7. The molecule has 0 spiro atoms. The zero-order valence-electron chi connectivity index (χ0n) is 17.9. The number of hydrogen-bond donors (Lipinski definition) is 0. The molecule has 4 aliphatic rings. The van der Waals surface area contributed by atoms with Crippen LogP contribution in [0.15, 0.2) is 23.3 Å². The van der Waals surface area contributed by atoms with Crippen LogP contribution in [0.2, 0.25) is 0 Å². The number of carbonyl (C=O) groups is 1. The number of hydrogen-bond acceptors (Lipinski definition) is 2. The second-order valence-corrected chi connectivity index (χ2v) is 10.3. The lowest BCUT2D eigenvalue weighted by atomic mass is 9.48. The van der Waals surface area contributed by atoms with Crippen molar-refractivity contribution in [3.63, 3.8) is 0 Å². The molecular formula is C25H38O2. The van der Waals surface area contributed by atoms with Crippen LogP contribution in [0.1, 0.15) is 85.0 Å². The van der Waals surface area contributed by atoms with Crippen molar-refractivity contribution in [2.75, 3.05) is 7.11 Å². The monoisotopic (exact) mass is 370 g/mol. The molecule has 0 aromatic carbocycles. The highest BCUT2D eigenvalue weighted by molar-refractivity contribution is 5.69. The summed E-state index contributed by atoms with van der Waals surface area (Å²) in [4.78, 5) is 11.6. The fraction of sp³-hybridized carbons (Fsp3) is 0.800. The summed E-state index contributed by atoms with van der Waals surface area (Å²) in [5, 5.41) is 0. The molecule has 0 saturated heterocycles. The van der Waals surface area contributed by atoms with E-state index < -0.39 is 0 Å². The van der Waals surface area contributed by atoms with E-state index in [1.807, 2.05) is 5.57 Å². The third-order valence-corrected chi connectivity index (χ3v) is 9.13. The minimum Gasteiger partial charge on any atom is -0.469 e. The van der Waals surface area contributed by atoms with Crippen LogP contribution in [0.25, 0.3) is 0 Å². The molecule has 0 radical (unpaired) electrons. The summed E-state index contributed by atoms with van der Waals surface area (Å²) in [7, 11) is 1.49. The average Bonchev–Trinajstić information content (AvgIpc) is 3.02. The smallest absolute Gasteiger partial charge is 0.305 e. The number of esters is 1. The van der Waals surface area contributed by atoms with Gasteiger partial charge in [0, 0.05) is 6.42 Å². The molecule has 0 bridgehead atoms. The summed E-state index contributed by atoms with van der Waals surface area (Å²) in [6, 6.07) is 0. The van der Waals surface area contributed by atoms with Crippen molar-refractivity contribution in [2.45, 2.75) is 85.0 Å². The van der Waals surface area contributed by atoms with Crippen molar-refractivity contribution in [1.29, 1.82) is 0 Å². The number of carbonyl (C=O) groups excluding carboxylic acids is 1. The normalized spacial score (nSPS) is 41.6. The van der Waals surface area contributed by atoms with Gasteiger partial charge in [0.25, 0.3) is 0 Å². The second kappa shape index (κ2) is 7.08. The maximum atomic E-state index is 11.6. The number of rotatable bonds is 4. The Hall–Kier alpha value is -1.05. The minimum absolute atomic E-state index is 0.0727. The van der Waals surface area contributed by atoms with Gasteiger partial charge in [-0.2, -0.15) is 0 Å². The number of allylic oxidation sites excluding steroid dienone is 4. The summed E-state index contributed by atoms with van der Waals surface area (Å²) in [5.41, 5.74) is 4.27. The third kappa shape index (κ3) is 3.02. The summed E-state index contributed by atoms with van der Waals surface area (Å²) in [5.74, 6) is 2.93. The van der Waals surface area contributed by atoms with E-state index in [9.17, 15) is 4.79 Å². The molecule has 2 unspecified atom stereocenters. The predicted molar refractivity (Wildman–Crippen MR) is 110 cm³/mol. The first-order valence-corrected chi connectivity index (χ1v) is 11.4. The van der Waals surface area contributed by atoms with E-state index in [-0.39, 0.29) is 5.97 Å². The Bertz CT molecular complexity index is 659. The zero-order valence-corrected chi connectivity index (χ0v) is 17.9. The SMILES string of the molecule is COC(=O)CC[C@@H](C)C1=CCC2C3CC[C@@H]4CCCC[C@]4(C)C3=CC[C@]12C. The van der Waals surface area contributed by atoms with Gasteiger partial charge in [-0.05, 0) is 79.4 Å². The number of fused-ring (bicyclic) bond motifs is 5. The van der Waals surface area contributed by atoms with E-state index in [1.54, 1.807) is 5.57 Å². The van der Waals surface area contributed by atoms with E-state index in [1.165, 1.54) is 58.5 Å². The highest BCUT2D eigenvalue weighted by atomic mass is 16.5. The van der Waals surface area contributed by atoms with Gasteiger partial charge in [0.2, 0.25) is 0 Å². The lowest BCUT2D eigenvalue weighted by Crippen LogP contribution is -2.46. The van der Waals surface area contributed by atoms with Gasteiger partial charge in [0.1, 0.15) is 0 Å². The first kappa shape index (κ1) is 19.3. The van der Waals surface area contributed by atoms with E-state index >= 15 is 0 Å². The first-order valence-electron chi connectivity index (χ1n) is 11.4. The van der Waals surface area contributed by atoms with Crippen LogP contribution in [0.4, 0.5) is 0 Å². The number of ether oxygens (including phenoxy) is 1. The molecule has 4 rings (SSSR count). The van der Waals surface area contributed by atoms with Gasteiger partial charge in [-0.1, -0.05) is 56.9 Å². The summed E-state index contributed by atoms with van der Waals surface area (Å²) in [6.45, 7) is 7.44. The Balaban J connectivity index is 1.55. The quantitative estimate of drug-likeness (QED) is 0.419. The molecule has 2 nitrogen and oxygen atoms in total. The van der Waals surface area contributed by atoms with Crippen molar-refractivity contribution in [3.8, 4) is 0 Å². The molecule has 0 aliphatic heterocycles. The second-order valence-electron chi connectivity index (χ2n) is 10.3. The third-order valence-electron chi connectivity index (χ3n) is 9.13. The minimum atomic E-state index is -0.0727. The van der Waals surface area contributed by atoms with Crippen molar-refractivity contribution in [1.82, 2.24) is 0 Å². The summed E-state index contributed by atoms with van der Waals surface area (Å²) < 4.78 is 4.86. The van der Waals surface area contributed by atoms with Crippen molar-refractivity contribution in [2.24, 2.45) is 34.5 Å². The van der Waals surface area contributed by atoms with Crippen molar-refractivity contribution >= 4 is 5.97 Å². The van der Waals surface area contributed by atoms with E-state index in [4.69, 9.17) is 4.74 Å². The van der Waals surface area contributed by atoms with E-state index in [2.05, 4.69) is 32.9 Å². The van der Waals surface area contributed by atoms with Crippen molar-refractivity contribution < 1.29 is 9.53 Å². The highest BCUT2D eigenvalue weighted by Crippen LogP contribution is 2.65. The lowest BCUT2D eigenvalue weighted by molar-refractivity contribution is -0.140. The molecule has 0 heterocycles. The van der Waals surface area contributed by atoms with Gasteiger partial charge in [0.15, 0.2) is 0 Å². The Labute approximate surface area is 165 Å². The average molecular weight is 371 g/mol. The molecule has 150 valence electrons. The Morgan fingerprint density at radius 3 is 2.78 bits per heavy atom. The molecule has 2 heteroatoms. The van der Waals surface area contributed by atoms with Crippen molar-refractivity contribution in [3.05, 3.63) is 23.3 Å². The molecule has 0 aromatic heterocycles. The molecule has 0 aromatic rings. The fourth-order valence-corrected chi connectivity index (χ4v) is 7.53. The van der Waals surface area contributed by atoms with Gasteiger partial charge in [-0.3, -0.25) is 4.79 Å². The largest absolute Gasteiger partial charge is 0.469 e. The highest BCUT2D eigenvalue weighted by Gasteiger charge is 2.54. The van der Waals surface area contributed by atoms with Crippen LogP contribution in [-0.2, 0) is 9.53 Å². The topological polar surface area (TPSA) is 26.3 Å². The maximum Gasteiger partial charge on any atom is 0.305 e. The van der Waals surface area contributed by atoms with Crippen LogP contribution in [0.3, 0.4) is 0 Å². The number of methoxy groups -OCH3 is 1. The fourth-order valence-electron chi connectivity index (χ4n) is 7.53. The van der Waals surface area contributed by atoms with Crippen LogP contribution < -0.4 is 0 Å². The molecule has 6 atom stereocenters. The van der Waals surface area contributed by atoms with Crippen LogP contribution in [0, 0.1) is 34.5 Å². The van der Waals surface area contributed by atoms with Gasteiger partial charge < -0.3 is 4.74 Å².